The second-order valence-corrected chi connectivity index (χ2v) is 5.79. The van der Waals surface area contributed by atoms with Crippen LogP contribution in [0.15, 0.2) is 18.3 Å². The Morgan fingerprint density at radius 1 is 1.05 bits per heavy atom. The van der Waals surface area contributed by atoms with Gasteiger partial charge in [0.15, 0.2) is 0 Å². The minimum absolute atomic E-state index is 0.474. The van der Waals surface area contributed by atoms with Crippen molar-refractivity contribution in [3.8, 4) is 11.3 Å². The van der Waals surface area contributed by atoms with Crippen LogP contribution in [-0.2, 0) is 0 Å². The lowest BCUT2D eigenvalue weighted by molar-refractivity contribution is 0.430. The average molecular weight is 267 g/mol. The van der Waals surface area contributed by atoms with Gasteiger partial charge in [-0.15, -0.1) is 0 Å². The van der Waals surface area contributed by atoms with Crippen LogP contribution in [0.2, 0.25) is 0 Å². The maximum atomic E-state index is 4.82. The van der Waals surface area contributed by atoms with Crippen LogP contribution in [0.5, 0.6) is 0 Å². The lowest BCUT2D eigenvalue weighted by Gasteiger charge is -2.26. The summed E-state index contributed by atoms with van der Waals surface area (Å²) in [6.45, 7) is 10.7. The number of aromatic nitrogens is 2. The fraction of sp³-hybridized carbons (Fsp3) is 0.412. The van der Waals surface area contributed by atoms with Crippen molar-refractivity contribution in [3.63, 3.8) is 0 Å². The van der Waals surface area contributed by atoms with E-state index < -0.39 is 0 Å². The summed E-state index contributed by atoms with van der Waals surface area (Å²) in [5.74, 6) is 1.45. The van der Waals surface area contributed by atoms with Crippen molar-refractivity contribution in [1.29, 1.82) is 0 Å². The van der Waals surface area contributed by atoms with Crippen LogP contribution in [0, 0.1) is 27.7 Å². The van der Waals surface area contributed by atoms with Crippen molar-refractivity contribution >= 4 is 0 Å². The molecule has 0 aliphatic carbocycles. The fourth-order valence-electron chi connectivity index (χ4n) is 2.78. The molecule has 0 bridgehead atoms. The van der Waals surface area contributed by atoms with E-state index in [1.807, 2.05) is 12.3 Å². The Balaban J connectivity index is 2.13. The van der Waals surface area contributed by atoms with Crippen LogP contribution in [0.3, 0.4) is 0 Å². The summed E-state index contributed by atoms with van der Waals surface area (Å²) in [4.78, 5) is 9.26. The Morgan fingerprint density at radius 2 is 1.70 bits per heavy atom. The van der Waals surface area contributed by atoms with Gasteiger partial charge in [0.2, 0.25) is 0 Å². The molecule has 1 aromatic heterocycles. The molecule has 0 atom stereocenters. The summed E-state index contributed by atoms with van der Waals surface area (Å²) in [7, 11) is 0. The number of hydrogen-bond acceptors (Lipinski definition) is 3. The fourth-order valence-corrected chi connectivity index (χ4v) is 2.78. The van der Waals surface area contributed by atoms with Crippen molar-refractivity contribution < 1.29 is 0 Å². The van der Waals surface area contributed by atoms with Gasteiger partial charge in [0, 0.05) is 30.8 Å². The lowest BCUT2D eigenvalue weighted by Crippen LogP contribution is -2.40. The summed E-state index contributed by atoms with van der Waals surface area (Å²) in [6, 6.07) is 4.29. The molecule has 1 aromatic carbocycles. The normalized spacial score (nSPS) is 15.2. The Labute approximate surface area is 120 Å². The number of benzene rings is 1. The maximum Gasteiger partial charge on any atom is 0.134 e. The highest BCUT2D eigenvalue weighted by molar-refractivity contribution is 5.70. The first-order valence-electron chi connectivity index (χ1n) is 7.19. The van der Waals surface area contributed by atoms with Crippen molar-refractivity contribution in [1.82, 2.24) is 15.3 Å². The lowest BCUT2D eigenvalue weighted by atomic mass is 9.92. The smallest absolute Gasteiger partial charge is 0.134 e. The van der Waals surface area contributed by atoms with Crippen molar-refractivity contribution in [3.05, 3.63) is 46.4 Å². The second-order valence-electron chi connectivity index (χ2n) is 5.79. The minimum atomic E-state index is 0.474. The molecule has 104 valence electrons. The molecular weight excluding hydrogens is 246 g/mol. The first-order valence-corrected chi connectivity index (χ1v) is 7.19. The van der Waals surface area contributed by atoms with Gasteiger partial charge in [0.05, 0.1) is 5.69 Å². The van der Waals surface area contributed by atoms with Crippen LogP contribution in [0.25, 0.3) is 11.3 Å². The SMILES string of the molecule is Cc1cc(C)c(C)c(-c2ccnc(C3CNC3)n2)c1C. The van der Waals surface area contributed by atoms with E-state index in [-0.39, 0.29) is 0 Å². The molecule has 1 aliphatic rings. The Hall–Kier alpha value is -1.74. The van der Waals surface area contributed by atoms with Crippen molar-refractivity contribution in [2.24, 2.45) is 0 Å². The number of nitrogens with zero attached hydrogens (tertiary/aromatic N) is 2. The molecule has 1 aliphatic heterocycles. The minimum Gasteiger partial charge on any atom is -0.315 e. The topological polar surface area (TPSA) is 37.8 Å². The van der Waals surface area contributed by atoms with Gasteiger partial charge in [-0.2, -0.15) is 0 Å². The van der Waals surface area contributed by atoms with E-state index >= 15 is 0 Å². The average Bonchev–Trinajstić information content (AvgIpc) is 2.35. The monoisotopic (exact) mass is 267 g/mol. The number of rotatable bonds is 2. The zero-order valence-electron chi connectivity index (χ0n) is 12.6. The largest absolute Gasteiger partial charge is 0.315 e. The van der Waals surface area contributed by atoms with Gasteiger partial charge < -0.3 is 5.32 Å². The van der Waals surface area contributed by atoms with Crippen LogP contribution >= 0.6 is 0 Å². The molecule has 0 spiro atoms. The molecule has 3 nitrogen and oxygen atoms in total. The highest BCUT2D eigenvalue weighted by Crippen LogP contribution is 2.31. The zero-order valence-corrected chi connectivity index (χ0v) is 12.6. The summed E-state index contributed by atoms with van der Waals surface area (Å²) in [5.41, 5.74) is 7.64. The Bertz CT molecular complexity index is 631. The van der Waals surface area contributed by atoms with E-state index in [1.54, 1.807) is 0 Å². The van der Waals surface area contributed by atoms with Crippen LogP contribution < -0.4 is 5.32 Å². The summed E-state index contributed by atoms with van der Waals surface area (Å²) >= 11 is 0. The van der Waals surface area contributed by atoms with Crippen LogP contribution in [-0.4, -0.2) is 23.1 Å². The molecule has 3 rings (SSSR count). The number of nitrogens with one attached hydrogen (secondary N) is 1. The second kappa shape index (κ2) is 4.98. The predicted octanol–water partition coefficient (Wildman–Crippen LogP) is 3.06. The maximum absolute atomic E-state index is 4.82. The van der Waals surface area contributed by atoms with Gasteiger partial charge in [-0.1, -0.05) is 6.07 Å². The molecule has 1 fully saturated rings. The third-order valence-corrected chi connectivity index (χ3v) is 4.44. The van der Waals surface area contributed by atoms with Crippen molar-refractivity contribution in [2.45, 2.75) is 33.6 Å². The standard InChI is InChI=1S/C17H21N3/c1-10-7-11(2)13(4)16(12(10)3)15-5-6-19-17(20-15)14-8-18-9-14/h5-7,14,18H,8-9H2,1-4H3. The Kier molecular flexibility index (Phi) is 3.30. The summed E-state index contributed by atoms with van der Waals surface area (Å²) in [5, 5.41) is 3.28. The molecule has 1 saturated heterocycles. The molecule has 1 N–H and O–H groups in total. The molecule has 0 saturated carbocycles. The highest BCUT2D eigenvalue weighted by atomic mass is 15.0. The number of aryl methyl sites for hydroxylation is 2. The molecule has 0 radical (unpaired) electrons. The van der Waals surface area contributed by atoms with Gasteiger partial charge in [-0.3, -0.25) is 0 Å². The molecule has 3 heteroatoms. The first kappa shape index (κ1) is 13.3. The quantitative estimate of drug-likeness (QED) is 0.908. The van der Waals surface area contributed by atoms with Gasteiger partial charge in [-0.05, 0) is 56.0 Å². The van der Waals surface area contributed by atoms with Gasteiger partial charge in [-0.25, -0.2) is 9.97 Å². The molecular formula is C17H21N3. The van der Waals surface area contributed by atoms with E-state index in [1.165, 1.54) is 27.8 Å². The molecule has 20 heavy (non-hydrogen) atoms. The predicted molar refractivity (Wildman–Crippen MR) is 82.0 cm³/mol. The molecule has 0 unspecified atom stereocenters. The first-order chi connectivity index (χ1) is 9.58. The third kappa shape index (κ3) is 2.12. The van der Waals surface area contributed by atoms with Crippen LogP contribution in [0.1, 0.15) is 34.0 Å². The summed E-state index contributed by atoms with van der Waals surface area (Å²) in [6.07, 6.45) is 1.90. The highest BCUT2D eigenvalue weighted by Gasteiger charge is 2.22. The van der Waals surface area contributed by atoms with Crippen molar-refractivity contribution in [2.75, 3.05) is 13.1 Å². The van der Waals surface area contributed by atoms with Gasteiger partial charge >= 0.3 is 0 Å². The van der Waals surface area contributed by atoms with E-state index in [0.717, 1.165) is 24.6 Å². The van der Waals surface area contributed by atoms with E-state index in [0.29, 0.717) is 5.92 Å². The van der Waals surface area contributed by atoms with E-state index in [2.05, 4.69) is 44.1 Å². The van der Waals surface area contributed by atoms with E-state index in [4.69, 9.17) is 4.98 Å². The Morgan fingerprint density at radius 3 is 2.25 bits per heavy atom. The molecule has 2 heterocycles. The third-order valence-electron chi connectivity index (χ3n) is 4.44. The van der Waals surface area contributed by atoms with E-state index in [9.17, 15) is 0 Å². The van der Waals surface area contributed by atoms with Gasteiger partial charge in [0.25, 0.3) is 0 Å². The number of hydrogen-bond donors (Lipinski definition) is 1. The van der Waals surface area contributed by atoms with Crippen LogP contribution in [0.4, 0.5) is 0 Å². The molecule has 0 amide bonds. The summed E-state index contributed by atoms with van der Waals surface area (Å²) < 4.78 is 0. The van der Waals surface area contributed by atoms with Gasteiger partial charge in [0.1, 0.15) is 5.82 Å². The zero-order chi connectivity index (χ0) is 14.3. The molecule has 2 aromatic rings.